The van der Waals surface area contributed by atoms with Crippen molar-refractivity contribution in [2.45, 2.75) is 13.3 Å². The number of nitrogens with zero attached hydrogens (tertiary/aromatic N) is 3. The number of methoxy groups -OCH3 is 1. The van der Waals surface area contributed by atoms with Gasteiger partial charge in [-0.25, -0.2) is 4.98 Å². The number of anilines is 6. The number of rotatable bonds is 7. The number of β-lactam (4-membered cyclic amide) rings is 1. The third-order valence-electron chi connectivity index (χ3n) is 4.83. The molecule has 0 unspecified atom stereocenters. The van der Waals surface area contributed by atoms with E-state index in [4.69, 9.17) is 16.3 Å². The largest absolute Gasteiger partial charge is 0.494 e. The molecule has 2 heterocycles. The SMILES string of the molecule is COc1cc(N2CCC2=O)ccc1Nc1ncc(Cl)c(Nc2ccccc2NC(C)=O)n1. The van der Waals surface area contributed by atoms with Crippen LogP contribution < -0.4 is 25.6 Å². The molecule has 4 rings (SSSR count). The molecular weight excluding hydrogens is 432 g/mol. The summed E-state index contributed by atoms with van der Waals surface area (Å²) in [7, 11) is 1.55. The molecule has 0 saturated carbocycles. The Labute approximate surface area is 189 Å². The number of nitrogens with one attached hydrogen (secondary N) is 3. The smallest absolute Gasteiger partial charge is 0.229 e. The highest BCUT2D eigenvalue weighted by Gasteiger charge is 2.26. The van der Waals surface area contributed by atoms with E-state index >= 15 is 0 Å². The average molecular weight is 453 g/mol. The van der Waals surface area contributed by atoms with Crippen LogP contribution in [-0.2, 0) is 9.59 Å². The van der Waals surface area contributed by atoms with E-state index in [0.29, 0.717) is 52.6 Å². The van der Waals surface area contributed by atoms with Gasteiger partial charge in [-0.15, -0.1) is 0 Å². The minimum Gasteiger partial charge on any atom is -0.494 e. The monoisotopic (exact) mass is 452 g/mol. The zero-order valence-electron chi connectivity index (χ0n) is 17.5. The normalized spacial score (nSPS) is 12.7. The van der Waals surface area contributed by atoms with Crippen LogP contribution in [0.2, 0.25) is 5.02 Å². The molecule has 9 nitrogen and oxygen atoms in total. The maximum atomic E-state index is 11.7. The molecular formula is C22H21ClN6O3. The lowest BCUT2D eigenvalue weighted by Gasteiger charge is -2.31. The van der Waals surface area contributed by atoms with Gasteiger partial charge in [0.15, 0.2) is 5.82 Å². The number of halogens is 1. The van der Waals surface area contributed by atoms with Crippen LogP contribution in [0.4, 0.5) is 34.5 Å². The van der Waals surface area contributed by atoms with Crippen LogP contribution in [-0.4, -0.2) is 35.4 Å². The lowest BCUT2D eigenvalue weighted by Crippen LogP contribution is -2.43. The van der Waals surface area contributed by atoms with Crippen molar-refractivity contribution in [2.75, 3.05) is 34.5 Å². The zero-order chi connectivity index (χ0) is 22.7. The Morgan fingerprint density at radius 2 is 1.91 bits per heavy atom. The van der Waals surface area contributed by atoms with Gasteiger partial charge in [-0.05, 0) is 24.3 Å². The fraction of sp³-hybridized carbons (Fsp3) is 0.182. The van der Waals surface area contributed by atoms with E-state index in [0.717, 1.165) is 5.69 Å². The van der Waals surface area contributed by atoms with Crippen LogP contribution in [0.15, 0.2) is 48.7 Å². The van der Waals surface area contributed by atoms with Crippen molar-refractivity contribution < 1.29 is 14.3 Å². The fourth-order valence-electron chi connectivity index (χ4n) is 3.19. The molecule has 32 heavy (non-hydrogen) atoms. The van der Waals surface area contributed by atoms with Crippen LogP contribution >= 0.6 is 11.6 Å². The first-order valence-electron chi connectivity index (χ1n) is 9.86. The van der Waals surface area contributed by atoms with Gasteiger partial charge in [-0.2, -0.15) is 4.98 Å². The van der Waals surface area contributed by atoms with E-state index < -0.39 is 0 Å². The van der Waals surface area contributed by atoms with Crippen molar-refractivity contribution in [1.29, 1.82) is 0 Å². The van der Waals surface area contributed by atoms with E-state index in [-0.39, 0.29) is 11.8 Å². The van der Waals surface area contributed by atoms with Gasteiger partial charge in [-0.3, -0.25) is 9.59 Å². The number of carbonyl (C=O) groups is 2. The van der Waals surface area contributed by atoms with E-state index in [1.54, 1.807) is 36.3 Å². The summed E-state index contributed by atoms with van der Waals surface area (Å²) in [5.41, 5.74) is 2.64. The van der Waals surface area contributed by atoms with Gasteiger partial charge in [0.05, 0.1) is 30.4 Å². The Morgan fingerprint density at radius 1 is 1.12 bits per heavy atom. The number of carbonyl (C=O) groups excluding carboxylic acids is 2. The third kappa shape index (κ3) is 4.57. The van der Waals surface area contributed by atoms with Crippen molar-refractivity contribution in [1.82, 2.24) is 9.97 Å². The van der Waals surface area contributed by atoms with E-state index in [1.807, 2.05) is 18.2 Å². The van der Waals surface area contributed by atoms with Crippen molar-refractivity contribution in [2.24, 2.45) is 0 Å². The number of hydrogen-bond donors (Lipinski definition) is 3. The predicted octanol–water partition coefficient (Wildman–Crippen LogP) is 4.32. The first kappa shape index (κ1) is 21.4. The van der Waals surface area contributed by atoms with E-state index in [9.17, 15) is 9.59 Å². The summed E-state index contributed by atoms with van der Waals surface area (Å²) in [6, 6.07) is 12.6. The number of hydrogen-bond acceptors (Lipinski definition) is 7. The summed E-state index contributed by atoms with van der Waals surface area (Å²) in [5, 5.41) is 9.32. The lowest BCUT2D eigenvalue weighted by atomic mass is 10.1. The Morgan fingerprint density at radius 3 is 2.56 bits per heavy atom. The second-order valence-corrected chi connectivity index (χ2v) is 7.45. The molecule has 0 aliphatic carbocycles. The van der Waals surface area contributed by atoms with E-state index in [2.05, 4.69) is 25.9 Å². The zero-order valence-corrected chi connectivity index (χ0v) is 18.2. The quantitative estimate of drug-likeness (QED) is 0.458. The Bertz CT molecular complexity index is 1190. The number of benzene rings is 2. The standard InChI is InChI=1S/C22H21ClN6O3/c1-13(30)25-16-5-3-4-6-17(16)26-21-15(23)12-24-22(28-21)27-18-8-7-14(11-19(18)32-2)29-10-9-20(29)31/h3-8,11-12H,9-10H2,1-2H3,(H,25,30)(H2,24,26,27,28). The van der Waals surface area contributed by atoms with Crippen LogP contribution in [0.5, 0.6) is 5.75 Å². The highest BCUT2D eigenvalue weighted by molar-refractivity contribution is 6.33. The minimum atomic E-state index is -0.189. The first-order chi connectivity index (χ1) is 15.4. The Hall–Kier alpha value is -3.85. The summed E-state index contributed by atoms with van der Waals surface area (Å²) < 4.78 is 5.48. The third-order valence-corrected chi connectivity index (χ3v) is 5.11. The molecule has 0 bridgehead atoms. The average Bonchev–Trinajstić information content (AvgIpc) is 2.77. The summed E-state index contributed by atoms with van der Waals surface area (Å²) in [5.74, 6) is 1.10. The van der Waals surface area contributed by atoms with Gasteiger partial charge in [0.2, 0.25) is 17.8 Å². The molecule has 3 aromatic rings. The predicted molar refractivity (Wildman–Crippen MR) is 124 cm³/mol. The van der Waals surface area contributed by atoms with Crippen molar-refractivity contribution in [3.05, 3.63) is 53.7 Å². The van der Waals surface area contributed by atoms with Gasteiger partial charge in [-0.1, -0.05) is 23.7 Å². The second kappa shape index (κ2) is 9.11. The molecule has 1 aromatic heterocycles. The molecule has 2 aromatic carbocycles. The molecule has 164 valence electrons. The first-order valence-corrected chi connectivity index (χ1v) is 10.2. The molecule has 0 atom stereocenters. The number of ether oxygens (including phenoxy) is 1. The van der Waals surface area contributed by atoms with Crippen LogP contribution in [0, 0.1) is 0 Å². The maximum absolute atomic E-state index is 11.7. The summed E-state index contributed by atoms with van der Waals surface area (Å²) >= 11 is 6.29. The van der Waals surface area contributed by atoms with Gasteiger partial charge in [0.25, 0.3) is 0 Å². The molecule has 0 radical (unpaired) electrons. The molecule has 3 N–H and O–H groups in total. The van der Waals surface area contributed by atoms with Gasteiger partial charge in [0, 0.05) is 31.6 Å². The van der Waals surface area contributed by atoms with Gasteiger partial charge < -0.3 is 25.6 Å². The highest BCUT2D eigenvalue weighted by Crippen LogP contribution is 2.34. The molecule has 1 aliphatic heterocycles. The molecule has 1 aliphatic rings. The van der Waals surface area contributed by atoms with Crippen LogP contribution in [0.25, 0.3) is 0 Å². The topological polar surface area (TPSA) is 108 Å². The fourth-order valence-corrected chi connectivity index (χ4v) is 3.33. The number of amides is 2. The maximum Gasteiger partial charge on any atom is 0.229 e. The number of aromatic nitrogens is 2. The summed E-state index contributed by atoms with van der Waals surface area (Å²) in [4.78, 5) is 33.6. The number of para-hydroxylation sites is 2. The van der Waals surface area contributed by atoms with Gasteiger partial charge in [0.1, 0.15) is 10.8 Å². The Balaban J connectivity index is 1.57. The van der Waals surface area contributed by atoms with Crippen LogP contribution in [0.3, 0.4) is 0 Å². The minimum absolute atomic E-state index is 0.0871. The molecule has 10 heteroatoms. The summed E-state index contributed by atoms with van der Waals surface area (Å²) in [6.45, 7) is 2.14. The summed E-state index contributed by atoms with van der Waals surface area (Å²) in [6.07, 6.45) is 2.03. The molecule has 0 spiro atoms. The van der Waals surface area contributed by atoms with Crippen molar-refractivity contribution in [3.8, 4) is 5.75 Å². The van der Waals surface area contributed by atoms with Crippen molar-refractivity contribution >= 4 is 57.9 Å². The second-order valence-electron chi connectivity index (χ2n) is 7.05. The van der Waals surface area contributed by atoms with E-state index in [1.165, 1.54) is 13.1 Å². The highest BCUT2D eigenvalue weighted by atomic mass is 35.5. The molecule has 1 fully saturated rings. The Kier molecular flexibility index (Phi) is 6.09. The van der Waals surface area contributed by atoms with Crippen molar-refractivity contribution in [3.63, 3.8) is 0 Å². The van der Waals surface area contributed by atoms with Crippen LogP contribution in [0.1, 0.15) is 13.3 Å². The van der Waals surface area contributed by atoms with Gasteiger partial charge >= 0.3 is 0 Å². The lowest BCUT2D eigenvalue weighted by molar-refractivity contribution is -0.122. The molecule has 2 amide bonds. The molecule has 1 saturated heterocycles.